The summed E-state index contributed by atoms with van der Waals surface area (Å²) in [6.07, 6.45) is 7.96. The van der Waals surface area contributed by atoms with E-state index < -0.39 is 0 Å². The Hall–Kier alpha value is -2.83. The molecular weight excluding hydrogens is 314 g/mol. The van der Waals surface area contributed by atoms with Gasteiger partial charge in [-0.1, -0.05) is 6.07 Å². The molecule has 7 nitrogen and oxygen atoms in total. The van der Waals surface area contributed by atoms with Gasteiger partial charge in [-0.05, 0) is 37.1 Å². The summed E-state index contributed by atoms with van der Waals surface area (Å²) >= 11 is 0. The molecule has 0 aliphatic carbocycles. The van der Waals surface area contributed by atoms with Gasteiger partial charge in [-0.2, -0.15) is 0 Å². The van der Waals surface area contributed by atoms with E-state index in [4.69, 9.17) is 0 Å². The summed E-state index contributed by atoms with van der Waals surface area (Å²) in [5, 5.41) is 15.1. The number of aliphatic imine (C=N–C) groups is 1. The van der Waals surface area contributed by atoms with Crippen molar-refractivity contribution in [2.24, 2.45) is 12.0 Å². The minimum absolute atomic E-state index is 0.672. The lowest BCUT2D eigenvalue weighted by molar-refractivity contribution is 0.715. The van der Waals surface area contributed by atoms with Crippen LogP contribution in [0.4, 0.5) is 0 Å². The lowest BCUT2D eigenvalue weighted by atomic mass is 10.3. The second-order valence-corrected chi connectivity index (χ2v) is 5.96. The summed E-state index contributed by atoms with van der Waals surface area (Å²) in [4.78, 5) is 4.63. The number of pyridine rings is 1. The fraction of sp³-hybridized carbons (Fsp3) is 0.389. The van der Waals surface area contributed by atoms with Crippen LogP contribution >= 0.6 is 0 Å². The van der Waals surface area contributed by atoms with E-state index in [1.165, 1.54) is 5.56 Å². The highest BCUT2D eigenvalue weighted by Gasteiger charge is 2.04. The Labute approximate surface area is 147 Å². The lowest BCUT2D eigenvalue weighted by Gasteiger charge is -2.10. The quantitative estimate of drug-likeness (QED) is 0.391. The van der Waals surface area contributed by atoms with Crippen molar-refractivity contribution in [2.45, 2.75) is 26.3 Å². The zero-order chi connectivity index (χ0) is 17.5. The first-order chi connectivity index (χ1) is 12.3. The van der Waals surface area contributed by atoms with E-state index in [1.54, 1.807) is 0 Å². The third-order valence-corrected chi connectivity index (χ3v) is 3.91. The Morgan fingerprint density at radius 3 is 2.88 bits per heavy atom. The molecule has 25 heavy (non-hydrogen) atoms. The number of aryl methyl sites for hydroxylation is 2. The number of hydrogen-bond acceptors (Lipinski definition) is 3. The average Bonchev–Trinajstić information content (AvgIpc) is 3.22. The molecule has 0 atom stereocenters. The van der Waals surface area contributed by atoms with E-state index in [1.807, 2.05) is 46.6 Å². The van der Waals surface area contributed by atoms with Crippen molar-refractivity contribution in [2.75, 3.05) is 13.1 Å². The third kappa shape index (κ3) is 4.59. The minimum atomic E-state index is 0.672. The summed E-state index contributed by atoms with van der Waals surface area (Å²) in [7, 11) is 2.02. The van der Waals surface area contributed by atoms with Gasteiger partial charge >= 0.3 is 0 Å². The Morgan fingerprint density at radius 2 is 2.08 bits per heavy atom. The van der Waals surface area contributed by atoms with E-state index in [-0.39, 0.29) is 0 Å². The first kappa shape index (κ1) is 17.0. The normalized spacial score (nSPS) is 11.8. The third-order valence-electron chi connectivity index (χ3n) is 3.91. The summed E-state index contributed by atoms with van der Waals surface area (Å²) in [5.41, 5.74) is 2.10. The molecule has 3 rings (SSSR count). The van der Waals surface area contributed by atoms with E-state index >= 15 is 0 Å². The molecule has 0 fully saturated rings. The van der Waals surface area contributed by atoms with Crippen molar-refractivity contribution >= 4 is 11.6 Å². The van der Waals surface area contributed by atoms with Crippen LogP contribution in [0.1, 0.15) is 24.7 Å². The van der Waals surface area contributed by atoms with Crippen molar-refractivity contribution in [3.8, 4) is 0 Å². The summed E-state index contributed by atoms with van der Waals surface area (Å²) in [6.45, 7) is 4.42. The number of fused-ring (bicyclic) bond motifs is 1. The molecular formula is C18H25N7. The van der Waals surface area contributed by atoms with E-state index in [9.17, 15) is 0 Å². The maximum atomic E-state index is 4.63. The second-order valence-electron chi connectivity index (χ2n) is 5.96. The number of nitrogens with one attached hydrogen (secondary N) is 2. The van der Waals surface area contributed by atoms with Gasteiger partial charge in [0.05, 0.1) is 6.54 Å². The molecule has 2 N–H and O–H groups in total. The summed E-state index contributed by atoms with van der Waals surface area (Å²) in [5.74, 6) is 1.83. The van der Waals surface area contributed by atoms with Crippen LogP contribution in [0.3, 0.4) is 0 Å². The molecule has 7 heteroatoms. The highest BCUT2D eigenvalue weighted by molar-refractivity contribution is 5.79. The molecule has 0 unspecified atom stereocenters. The van der Waals surface area contributed by atoms with Crippen molar-refractivity contribution in [1.29, 1.82) is 0 Å². The highest BCUT2D eigenvalue weighted by atomic mass is 15.2. The van der Waals surface area contributed by atoms with Crippen LogP contribution in [0, 0.1) is 0 Å². The Balaban J connectivity index is 1.49. The smallest absolute Gasteiger partial charge is 0.191 e. The first-order valence-electron chi connectivity index (χ1n) is 8.68. The van der Waals surface area contributed by atoms with Crippen LogP contribution in [0.2, 0.25) is 0 Å². The minimum Gasteiger partial charge on any atom is -0.357 e. The Kier molecular flexibility index (Phi) is 5.66. The molecule has 3 heterocycles. The molecule has 0 aliphatic rings. The number of nitrogens with zero attached hydrogens (tertiary/aromatic N) is 5. The van der Waals surface area contributed by atoms with Gasteiger partial charge in [0.1, 0.15) is 5.82 Å². The molecule has 0 amide bonds. The van der Waals surface area contributed by atoms with Gasteiger partial charge in [0.15, 0.2) is 11.6 Å². The zero-order valence-corrected chi connectivity index (χ0v) is 14.8. The van der Waals surface area contributed by atoms with Gasteiger partial charge in [-0.25, -0.2) is 4.99 Å². The summed E-state index contributed by atoms with van der Waals surface area (Å²) < 4.78 is 4.07. The van der Waals surface area contributed by atoms with Crippen LogP contribution < -0.4 is 10.6 Å². The number of hydrogen-bond donors (Lipinski definition) is 2. The molecule has 3 aromatic heterocycles. The number of guanidine groups is 1. The first-order valence-corrected chi connectivity index (χ1v) is 8.68. The highest BCUT2D eigenvalue weighted by Crippen LogP contribution is 2.05. The van der Waals surface area contributed by atoms with Crippen LogP contribution in [-0.2, 0) is 20.0 Å². The van der Waals surface area contributed by atoms with Gasteiger partial charge in [-0.15, -0.1) is 10.2 Å². The molecule has 0 spiro atoms. The van der Waals surface area contributed by atoms with Crippen molar-refractivity contribution in [3.63, 3.8) is 0 Å². The molecule has 0 aliphatic heterocycles. The lowest BCUT2D eigenvalue weighted by Crippen LogP contribution is -2.37. The van der Waals surface area contributed by atoms with E-state index in [0.29, 0.717) is 6.54 Å². The van der Waals surface area contributed by atoms with Gasteiger partial charge < -0.3 is 15.2 Å². The summed E-state index contributed by atoms with van der Waals surface area (Å²) in [6, 6.07) is 8.02. The van der Waals surface area contributed by atoms with Crippen molar-refractivity contribution < 1.29 is 0 Å². The van der Waals surface area contributed by atoms with Gasteiger partial charge in [0.2, 0.25) is 0 Å². The molecule has 0 aromatic carbocycles. The molecule has 0 saturated carbocycles. The van der Waals surface area contributed by atoms with E-state index in [0.717, 1.165) is 43.4 Å². The standard InChI is InChI=1S/C18H25N7/c1-3-19-18(21-13-15-9-12-24(2)14-15)20-10-6-8-17-23-22-16-7-4-5-11-25(16)17/h4-5,7,9,11-12,14H,3,6,8,10,13H2,1-2H3,(H2,19,20,21). The SMILES string of the molecule is CCNC(=NCc1ccn(C)c1)NCCCc1nnc2ccccn12. The molecule has 0 saturated heterocycles. The predicted octanol–water partition coefficient (Wildman–Crippen LogP) is 1.76. The van der Waals surface area contributed by atoms with Crippen molar-refractivity contribution in [1.82, 2.24) is 29.8 Å². The monoisotopic (exact) mass is 339 g/mol. The van der Waals surface area contributed by atoms with E-state index in [2.05, 4.69) is 45.0 Å². The molecule has 0 bridgehead atoms. The molecule has 3 aromatic rings. The Morgan fingerprint density at radius 1 is 1.16 bits per heavy atom. The fourth-order valence-corrected chi connectivity index (χ4v) is 2.68. The van der Waals surface area contributed by atoms with Crippen molar-refractivity contribution in [3.05, 3.63) is 54.2 Å². The van der Waals surface area contributed by atoms with Gasteiger partial charge in [0, 0.05) is 45.1 Å². The molecule has 132 valence electrons. The topological polar surface area (TPSA) is 71.5 Å². The van der Waals surface area contributed by atoms with Crippen LogP contribution in [0.15, 0.2) is 47.8 Å². The van der Waals surface area contributed by atoms with Crippen LogP contribution in [-0.4, -0.2) is 38.2 Å². The zero-order valence-electron chi connectivity index (χ0n) is 14.8. The van der Waals surface area contributed by atoms with Crippen LogP contribution in [0.5, 0.6) is 0 Å². The maximum absolute atomic E-state index is 4.63. The van der Waals surface area contributed by atoms with Crippen LogP contribution in [0.25, 0.3) is 5.65 Å². The fourth-order valence-electron chi connectivity index (χ4n) is 2.68. The maximum Gasteiger partial charge on any atom is 0.191 e. The predicted molar refractivity (Wildman–Crippen MR) is 99.5 cm³/mol. The van der Waals surface area contributed by atoms with Gasteiger partial charge in [0.25, 0.3) is 0 Å². The number of aromatic nitrogens is 4. The average molecular weight is 339 g/mol. The molecule has 0 radical (unpaired) electrons. The number of rotatable bonds is 7. The Bertz CT molecular complexity index is 831. The van der Waals surface area contributed by atoms with Gasteiger partial charge in [-0.3, -0.25) is 4.40 Å². The second kappa shape index (κ2) is 8.32. The largest absolute Gasteiger partial charge is 0.357 e.